The average molecular weight is 235 g/mol. The van der Waals surface area contributed by atoms with Gasteiger partial charge < -0.3 is 4.90 Å². The topological polar surface area (TPSA) is 3.24 Å². The second-order valence-electron chi connectivity index (χ2n) is 4.52. The van der Waals surface area contributed by atoms with Crippen LogP contribution in [-0.2, 0) is 0 Å². The summed E-state index contributed by atoms with van der Waals surface area (Å²) in [4.78, 5) is 1.73. The van der Waals surface area contributed by atoms with Gasteiger partial charge in [-0.1, -0.05) is 5.92 Å². The van der Waals surface area contributed by atoms with Crippen molar-refractivity contribution in [2.24, 2.45) is 0 Å². The Kier molecular flexibility index (Phi) is 3.06. The summed E-state index contributed by atoms with van der Waals surface area (Å²) in [5, 5.41) is 0. The zero-order chi connectivity index (χ0) is 12.5. The van der Waals surface area contributed by atoms with Gasteiger partial charge in [-0.05, 0) is 37.1 Å². The van der Waals surface area contributed by atoms with Crippen molar-refractivity contribution >= 4 is 5.69 Å². The summed E-state index contributed by atoms with van der Waals surface area (Å²) < 4.78 is 26.6. The van der Waals surface area contributed by atoms with Crippen molar-refractivity contribution in [3.05, 3.63) is 29.3 Å². The van der Waals surface area contributed by atoms with E-state index in [1.807, 2.05) is 25.1 Å². The minimum atomic E-state index is -2.57. The van der Waals surface area contributed by atoms with E-state index in [9.17, 15) is 8.78 Å². The van der Waals surface area contributed by atoms with Crippen molar-refractivity contribution in [1.29, 1.82) is 0 Å². The normalized spacial score (nSPS) is 18.8. The molecule has 1 fully saturated rings. The van der Waals surface area contributed by atoms with E-state index in [2.05, 4.69) is 5.92 Å². The van der Waals surface area contributed by atoms with E-state index in [-0.39, 0.29) is 13.0 Å². The maximum absolute atomic E-state index is 13.3. The summed E-state index contributed by atoms with van der Waals surface area (Å²) in [7, 11) is 0. The molecule has 0 radical (unpaired) electrons. The standard InChI is InChI=1S/C14H15F2N/c1-3-12-5-6-13(9-11(12)2)17-8-4-7-14(15,16)10-17/h1,5-6,9H,4,7-8,10H2,2H3. The molecule has 1 saturated heterocycles. The Bertz CT molecular complexity index is 460. The summed E-state index contributed by atoms with van der Waals surface area (Å²) in [6, 6.07) is 5.53. The fraction of sp³-hybridized carbons (Fsp3) is 0.429. The zero-order valence-electron chi connectivity index (χ0n) is 9.84. The van der Waals surface area contributed by atoms with Gasteiger partial charge in [-0.2, -0.15) is 0 Å². The number of alkyl halides is 2. The summed E-state index contributed by atoms with van der Waals surface area (Å²) in [6.07, 6.45) is 5.86. The van der Waals surface area contributed by atoms with Crippen LogP contribution in [0.25, 0.3) is 0 Å². The molecule has 0 bridgehead atoms. The fourth-order valence-electron chi connectivity index (χ4n) is 2.19. The summed E-state index contributed by atoms with van der Waals surface area (Å²) >= 11 is 0. The van der Waals surface area contributed by atoms with Crippen LogP contribution in [0.5, 0.6) is 0 Å². The van der Waals surface area contributed by atoms with E-state index in [0.29, 0.717) is 13.0 Å². The molecule has 0 N–H and O–H groups in total. The van der Waals surface area contributed by atoms with Crippen LogP contribution in [0.1, 0.15) is 24.0 Å². The highest BCUT2D eigenvalue weighted by molar-refractivity contribution is 5.54. The lowest BCUT2D eigenvalue weighted by molar-refractivity contribution is -0.0116. The van der Waals surface area contributed by atoms with E-state index in [1.54, 1.807) is 4.90 Å². The summed E-state index contributed by atoms with van der Waals surface area (Å²) in [5.74, 6) is 0.00249. The molecule has 1 aromatic carbocycles. The van der Waals surface area contributed by atoms with Gasteiger partial charge in [0.15, 0.2) is 0 Å². The second kappa shape index (κ2) is 4.37. The monoisotopic (exact) mass is 235 g/mol. The zero-order valence-corrected chi connectivity index (χ0v) is 9.84. The predicted octanol–water partition coefficient (Wildman–Crippen LogP) is 3.21. The molecule has 2 rings (SSSR count). The minimum Gasteiger partial charge on any atom is -0.365 e. The Morgan fingerprint density at radius 3 is 2.76 bits per heavy atom. The number of hydrogen-bond acceptors (Lipinski definition) is 1. The van der Waals surface area contributed by atoms with Gasteiger partial charge in [0, 0.05) is 24.2 Å². The Morgan fingerprint density at radius 1 is 1.41 bits per heavy atom. The lowest BCUT2D eigenvalue weighted by Gasteiger charge is -2.34. The van der Waals surface area contributed by atoms with Gasteiger partial charge in [-0.15, -0.1) is 6.42 Å². The van der Waals surface area contributed by atoms with Crippen LogP contribution in [0, 0.1) is 19.3 Å². The first-order valence-electron chi connectivity index (χ1n) is 5.72. The van der Waals surface area contributed by atoms with Crippen molar-refractivity contribution in [2.75, 3.05) is 18.0 Å². The molecule has 1 aromatic rings. The van der Waals surface area contributed by atoms with Crippen LogP contribution in [-0.4, -0.2) is 19.0 Å². The molecule has 1 aliphatic heterocycles. The van der Waals surface area contributed by atoms with Crippen molar-refractivity contribution in [3.63, 3.8) is 0 Å². The number of hydrogen-bond donors (Lipinski definition) is 0. The first-order chi connectivity index (χ1) is 8.02. The smallest absolute Gasteiger partial charge is 0.265 e. The number of nitrogens with zero attached hydrogens (tertiary/aromatic N) is 1. The molecular formula is C14H15F2N. The Hall–Kier alpha value is -1.56. The van der Waals surface area contributed by atoms with Crippen molar-refractivity contribution in [1.82, 2.24) is 0 Å². The van der Waals surface area contributed by atoms with Gasteiger partial charge in [0.25, 0.3) is 5.92 Å². The van der Waals surface area contributed by atoms with Gasteiger partial charge >= 0.3 is 0 Å². The number of rotatable bonds is 1. The molecule has 0 saturated carbocycles. The predicted molar refractivity (Wildman–Crippen MR) is 65.5 cm³/mol. The highest BCUT2D eigenvalue weighted by Crippen LogP contribution is 2.30. The highest BCUT2D eigenvalue weighted by atomic mass is 19.3. The molecule has 0 amide bonds. The largest absolute Gasteiger partial charge is 0.365 e. The molecule has 17 heavy (non-hydrogen) atoms. The quantitative estimate of drug-likeness (QED) is 0.676. The van der Waals surface area contributed by atoms with E-state index in [1.165, 1.54) is 0 Å². The molecule has 0 spiro atoms. The molecule has 3 heteroatoms. The minimum absolute atomic E-state index is 0.00901. The molecule has 0 aliphatic carbocycles. The number of terminal acetylenes is 1. The Balaban J connectivity index is 2.23. The van der Waals surface area contributed by atoms with Crippen molar-refractivity contribution in [2.45, 2.75) is 25.7 Å². The van der Waals surface area contributed by atoms with Crippen LogP contribution in [0.15, 0.2) is 18.2 Å². The highest BCUT2D eigenvalue weighted by Gasteiger charge is 2.35. The fourth-order valence-corrected chi connectivity index (χ4v) is 2.19. The third-order valence-electron chi connectivity index (χ3n) is 3.12. The number of halogens is 2. The van der Waals surface area contributed by atoms with Gasteiger partial charge in [-0.25, -0.2) is 8.78 Å². The molecule has 1 nitrogen and oxygen atoms in total. The van der Waals surface area contributed by atoms with Crippen LogP contribution in [0.2, 0.25) is 0 Å². The molecule has 1 heterocycles. The summed E-state index contributed by atoms with van der Waals surface area (Å²) in [6.45, 7) is 2.40. The maximum Gasteiger partial charge on any atom is 0.265 e. The van der Waals surface area contributed by atoms with Crippen LogP contribution in [0.3, 0.4) is 0 Å². The van der Waals surface area contributed by atoms with Crippen molar-refractivity contribution < 1.29 is 8.78 Å². The van der Waals surface area contributed by atoms with Crippen LogP contribution in [0.4, 0.5) is 14.5 Å². The van der Waals surface area contributed by atoms with Gasteiger partial charge in [0.2, 0.25) is 0 Å². The van der Waals surface area contributed by atoms with Gasteiger partial charge in [-0.3, -0.25) is 0 Å². The van der Waals surface area contributed by atoms with E-state index in [0.717, 1.165) is 16.8 Å². The average Bonchev–Trinajstić information content (AvgIpc) is 2.27. The number of aryl methyl sites for hydroxylation is 1. The maximum atomic E-state index is 13.3. The van der Waals surface area contributed by atoms with Crippen molar-refractivity contribution in [3.8, 4) is 12.3 Å². The molecule has 1 aliphatic rings. The molecular weight excluding hydrogens is 220 g/mol. The van der Waals surface area contributed by atoms with E-state index >= 15 is 0 Å². The first kappa shape index (κ1) is 11.9. The first-order valence-corrected chi connectivity index (χ1v) is 5.72. The van der Waals surface area contributed by atoms with Gasteiger partial charge in [0.1, 0.15) is 0 Å². The number of benzene rings is 1. The number of piperidine rings is 1. The lowest BCUT2D eigenvalue weighted by atomic mass is 10.0. The van der Waals surface area contributed by atoms with Crippen LogP contribution < -0.4 is 4.90 Å². The summed E-state index contributed by atoms with van der Waals surface area (Å²) in [5.41, 5.74) is 2.61. The molecule has 0 atom stereocenters. The van der Waals surface area contributed by atoms with Crippen LogP contribution >= 0.6 is 0 Å². The lowest BCUT2D eigenvalue weighted by Crippen LogP contribution is -2.42. The Labute approximate surface area is 100 Å². The third kappa shape index (κ3) is 2.58. The number of anilines is 1. The van der Waals surface area contributed by atoms with E-state index in [4.69, 9.17) is 6.42 Å². The molecule has 0 aromatic heterocycles. The third-order valence-corrected chi connectivity index (χ3v) is 3.12. The van der Waals surface area contributed by atoms with E-state index < -0.39 is 5.92 Å². The molecule has 0 unspecified atom stereocenters. The van der Waals surface area contributed by atoms with Gasteiger partial charge in [0.05, 0.1) is 6.54 Å². The SMILES string of the molecule is C#Cc1ccc(N2CCCC(F)(F)C2)cc1C. The molecule has 90 valence electrons. The second-order valence-corrected chi connectivity index (χ2v) is 4.52. The Morgan fingerprint density at radius 2 is 2.18 bits per heavy atom.